The van der Waals surface area contributed by atoms with Crippen LogP contribution in [0.25, 0.3) is 0 Å². The summed E-state index contributed by atoms with van der Waals surface area (Å²) in [6.45, 7) is 14.9. The van der Waals surface area contributed by atoms with E-state index in [-0.39, 0.29) is 24.0 Å². The molecule has 2 rings (SSSR count). The van der Waals surface area contributed by atoms with Gasteiger partial charge in [-0.25, -0.2) is 4.99 Å². The average Bonchev–Trinajstić information content (AvgIpc) is 2.97. The number of piperazine rings is 1. The van der Waals surface area contributed by atoms with Gasteiger partial charge in [-0.05, 0) is 19.3 Å². The average molecular weight is 408 g/mol. The van der Waals surface area contributed by atoms with Crippen molar-refractivity contribution in [2.45, 2.75) is 13.3 Å². The van der Waals surface area contributed by atoms with Crippen LogP contribution >= 0.6 is 24.0 Å². The molecule has 0 aromatic heterocycles. The van der Waals surface area contributed by atoms with Crippen molar-refractivity contribution in [2.24, 2.45) is 10.9 Å². The van der Waals surface area contributed by atoms with E-state index in [1.54, 1.807) is 0 Å². The first-order valence-electron chi connectivity index (χ1n) is 7.77. The van der Waals surface area contributed by atoms with Crippen LogP contribution in [0.4, 0.5) is 0 Å². The Bertz CT molecular complexity index is 324. The first kappa shape index (κ1) is 18.7. The van der Waals surface area contributed by atoms with Crippen molar-refractivity contribution >= 4 is 29.9 Å². The highest BCUT2D eigenvalue weighted by molar-refractivity contribution is 14.0. The Hall–Kier alpha value is -0.340. The van der Waals surface area contributed by atoms with Crippen LogP contribution in [-0.2, 0) is 4.74 Å². The van der Waals surface area contributed by atoms with Crippen LogP contribution in [-0.4, -0.2) is 74.8 Å². The Morgan fingerprint density at radius 1 is 1.38 bits per heavy atom. The fraction of sp³-hybridized carbons (Fsp3) is 0.800. The van der Waals surface area contributed by atoms with Crippen molar-refractivity contribution < 1.29 is 4.74 Å². The van der Waals surface area contributed by atoms with Gasteiger partial charge < -0.3 is 15.0 Å². The maximum atomic E-state index is 5.46. The number of rotatable bonds is 5. The Morgan fingerprint density at radius 3 is 2.71 bits per heavy atom. The molecule has 0 saturated carbocycles. The molecule has 1 atom stereocenters. The Morgan fingerprint density at radius 2 is 2.14 bits per heavy atom. The first-order valence-corrected chi connectivity index (χ1v) is 7.77. The third-order valence-electron chi connectivity index (χ3n) is 3.92. The molecule has 1 N–H and O–H groups in total. The number of guanidine groups is 1. The predicted octanol–water partition coefficient (Wildman–Crippen LogP) is 1.41. The Labute approximate surface area is 145 Å². The predicted molar refractivity (Wildman–Crippen MR) is 98.5 cm³/mol. The molecule has 5 nitrogen and oxygen atoms in total. The highest BCUT2D eigenvalue weighted by Gasteiger charge is 2.23. The van der Waals surface area contributed by atoms with Crippen LogP contribution < -0.4 is 5.32 Å². The molecule has 0 aromatic carbocycles. The summed E-state index contributed by atoms with van der Waals surface area (Å²) in [5.41, 5.74) is 0. The normalized spacial score (nSPS) is 23.8. The zero-order valence-corrected chi connectivity index (χ0v) is 15.4. The van der Waals surface area contributed by atoms with Crippen molar-refractivity contribution in [3.63, 3.8) is 0 Å². The molecule has 0 aromatic rings. The van der Waals surface area contributed by atoms with E-state index in [9.17, 15) is 0 Å². The molecular weight excluding hydrogens is 379 g/mol. The van der Waals surface area contributed by atoms with Gasteiger partial charge in [-0.15, -0.1) is 30.6 Å². The molecule has 21 heavy (non-hydrogen) atoms. The van der Waals surface area contributed by atoms with Crippen LogP contribution in [0.2, 0.25) is 0 Å². The molecule has 2 heterocycles. The fourth-order valence-corrected chi connectivity index (χ4v) is 2.81. The number of hydrogen-bond acceptors (Lipinski definition) is 3. The maximum absolute atomic E-state index is 5.46. The first-order chi connectivity index (χ1) is 9.83. The Kier molecular flexibility index (Phi) is 9.26. The molecule has 2 aliphatic heterocycles. The van der Waals surface area contributed by atoms with Crippen LogP contribution in [0.15, 0.2) is 17.6 Å². The van der Waals surface area contributed by atoms with Gasteiger partial charge in [-0.1, -0.05) is 6.08 Å². The molecule has 2 fully saturated rings. The minimum absolute atomic E-state index is 0. The molecular formula is C15H29IN4O. The van der Waals surface area contributed by atoms with E-state index in [2.05, 4.69) is 33.6 Å². The second-order valence-corrected chi connectivity index (χ2v) is 5.50. The summed E-state index contributed by atoms with van der Waals surface area (Å²) in [6, 6.07) is 0. The number of aliphatic imine (C=N–C) groups is 1. The van der Waals surface area contributed by atoms with E-state index < -0.39 is 0 Å². The van der Waals surface area contributed by atoms with E-state index in [0.717, 1.165) is 57.8 Å². The van der Waals surface area contributed by atoms with Gasteiger partial charge in [-0.2, -0.15) is 0 Å². The second kappa shape index (κ2) is 10.4. The minimum Gasteiger partial charge on any atom is -0.381 e. The van der Waals surface area contributed by atoms with E-state index in [4.69, 9.17) is 4.74 Å². The molecule has 6 heteroatoms. The third kappa shape index (κ3) is 6.12. The number of nitrogens with one attached hydrogen (secondary N) is 1. The molecule has 1 unspecified atom stereocenters. The lowest BCUT2D eigenvalue weighted by molar-refractivity contribution is 0.139. The topological polar surface area (TPSA) is 40.1 Å². The van der Waals surface area contributed by atoms with Gasteiger partial charge in [0.1, 0.15) is 0 Å². The van der Waals surface area contributed by atoms with Crippen LogP contribution in [0, 0.1) is 5.92 Å². The lowest BCUT2D eigenvalue weighted by atomic mass is 10.1. The molecule has 0 bridgehead atoms. The quantitative estimate of drug-likeness (QED) is 0.323. The number of nitrogens with zero attached hydrogens (tertiary/aromatic N) is 3. The van der Waals surface area contributed by atoms with E-state index in [0.29, 0.717) is 6.54 Å². The van der Waals surface area contributed by atoms with Crippen molar-refractivity contribution in [1.82, 2.24) is 15.1 Å². The van der Waals surface area contributed by atoms with E-state index in [1.165, 1.54) is 13.0 Å². The summed E-state index contributed by atoms with van der Waals surface area (Å²) in [5.74, 6) is 1.76. The summed E-state index contributed by atoms with van der Waals surface area (Å²) in [5, 5.41) is 3.36. The van der Waals surface area contributed by atoms with Crippen molar-refractivity contribution in [3.8, 4) is 0 Å². The summed E-state index contributed by atoms with van der Waals surface area (Å²) >= 11 is 0. The fourth-order valence-electron chi connectivity index (χ4n) is 2.81. The molecule has 0 amide bonds. The van der Waals surface area contributed by atoms with E-state index in [1.807, 2.05) is 6.08 Å². The van der Waals surface area contributed by atoms with Crippen molar-refractivity contribution in [2.75, 3.05) is 59.0 Å². The zero-order valence-electron chi connectivity index (χ0n) is 13.1. The standard InChI is InChI=1S/C15H28N4O.HI/c1-3-6-17-15(16-4-2)19-9-7-18(8-10-19)12-14-5-11-20-13-14;/h3,14H,1,4-13H2,2H3,(H,16,17);1H. The molecule has 0 spiro atoms. The van der Waals surface area contributed by atoms with E-state index >= 15 is 0 Å². The second-order valence-electron chi connectivity index (χ2n) is 5.50. The molecule has 122 valence electrons. The minimum atomic E-state index is 0. The molecule has 0 aliphatic carbocycles. The molecule has 2 saturated heterocycles. The highest BCUT2D eigenvalue weighted by atomic mass is 127. The zero-order chi connectivity index (χ0) is 14.2. The molecule has 2 aliphatic rings. The monoisotopic (exact) mass is 408 g/mol. The summed E-state index contributed by atoms with van der Waals surface area (Å²) in [4.78, 5) is 9.48. The van der Waals surface area contributed by atoms with Crippen molar-refractivity contribution in [3.05, 3.63) is 12.7 Å². The van der Waals surface area contributed by atoms with Crippen molar-refractivity contribution in [1.29, 1.82) is 0 Å². The summed E-state index contributed by atoms with van der Waals surface area (Å²) < 4.78 is 5.46. The number of hydrogen-bond donors (Lipinski definition) is 1. The van der Waals surface area contributed by atoms with Crippen LogP contribution in [0.3, 0.4) is 0 Å². The lowest BCUT2D eigenvalue weighted by Crippen LogP contribution is -2.53. The SMILES string of the molecule is C=CCN=C(NCC)N1CCN(CC2CCOC2)CC1.I. The van der Waals surface area contributed by atoms with Gasteiger partial charge in [0, 0.05) is 45.9 Å². The number of halogens is 1. The smallest absolute Gasteiger partial charge is 0.194 e. The highest BCUT2D eigenvalue weighted by Crippen LogP contribution is 2.15. The third-order valence-corrected chi connectivity index (χ3v) is 3.92. The van der Waals surface area contributed by atoms with Gasteiger partial charge in [0.25, 0.3) is 0 Å². The van der Waals surface area contributed by atoms with Crippen LogP contribution in [0.5, 0.6) is 0 Å². The number of ether oxygens (including phenoxy) is 1. The van der Waals surface area contributed by atoms with Crippen LogP contribution in [0.1, 0.15) is 13.3 Å². The maximum Gasteiger partial charge on any atom is 0.194 e. The largest absolute Gasteiger partial charge is 0.381 e. The lowest BCUT2D eigenvalue weighted by Gasteiger charge is -2.37. The van der Waals surface area contributed by atoms with Gasteiger partial charge in [0.05, 0.1) is 13.2 Å². The van der Waals surface area contributed by atoms with Gasteiger partial charge >= 0.3 is 0 Å². The van der Waals surface area contributed by atoms with Gasteiger partial charge in [0.2, 0.25) is 0 Å². The Balaban J connectivity index is 0.00000220. The summed E-state index contributed by atoms with van der Waals surface area (Å²) in [7, 11) is 0. The summed E-state index contributed by atoms with van der Waals surface area (Å²) in [6.07, 6.45) is 3.07. The van der Waals surface area contributed by atoms with Gasteiger partial charge in [0.15, 0.2) is 5.96 Å². The molecule has 0 radical (unpaired) electrons. The van der Waals surface area contributed by atoms with Gasteiger partial charge in [-0.3, -0.25) is 4.90 Å².